The molecule has 0 radical (unpaired) electrons. The minimum absolute atomic E-state index is 0.132. The quantitative estimate of drug-likeness (QED) is 0.937. The number of aromatic nitrogens is 2. The predicted molar refractivity (Wildman–Crippen MR) is 75.1 cm³/mol. The standard InChI is InChI=1S/C13H14BrN3O2/c1-17-8-9(7-16-17)6-15-13(18)10-3-4-12(19-2)11(14)5-10/h3-5,7-8H,6H2,1-2H3,(H,15,18). The van der Waals surface area contributed by atoms with Gasteiger partial charge in [0.15, 0.2) is 0 Å². The Morgan fingerprint density at radius 2 is 2.32 bits per heavy atom. The lowest BCUT2D eigenvalue weighted by molar-refractivity contribution is 0.0951. The summed E-state index contributed by atoms with van der Waals surface area (Å²) in [5.74, 6) is 0.566. The van der Waals surface area contributed by atoms with Crippen molar-refractivity contribution in [3.8, 4) is 5.75 Å². The van der Waals surface area contributed by atoms with Gasteiger partial charge in [0.2, 0.25) is 0 Å². The molecule has 2 rings (SSSR count). The van der Waals surface area contributed by atoms with Gasteiger partial charge in [0, 0.05) is 30.9 Å². The summed E-state index contributed by atoms with van der Waals surface area (Å²) in [6.07, 6.45) is 3.59. The SMILES string of the molecule is COc1ccc(C(=O)NCc2cnn(C)c2)cc1Br. The zero-order valence-electron chi connectivity index (χ0n) is 10.7. The number of hydrogen-bond donors (Lipinski definition) is 1. The smallest absolute Gasteiger partial charge is 0.251 e. The van der Waals surface area contributed by atoms with E-state index in [0.29, 0.717) is 17.9 Å². The van der Waals surface area contributed by atoms with Gasteiger partial charge in [-0.25, -0.2) is 0 Å². The van der Waals surface area contributed by atoms with E-state index >= 15 is 0 Å². The van der Waals surface area contributed by atoms with E-state index in [-0.39, 0.29) is 5.91 Å². The molecule has 2 aromatic rings. The highest BCUT2D eigenvalue weighted by molar-refractivity contribution is 9.10. The number of ether oxygens (including phenoxy) is 1. The van der Waals surface area contributed by atoms with Crippen molar-refractivity contribution in [2.24, 2.45) is 7.05 Å². The second-order valence-corrected chi connectivity index (χ2v) is 4.91. The molecule has 0 saturated carbocycles. The molecule has 1 aromatic carbocycles. The lowest BCUT2D eigenvalue weighted by Crippen LogP contribution is -2.22. The van der Waals surface area contributed by atoms with Crippen molar-refractivity contribution < 1.29 is 9.53 Å². The number of hydrogen-bond acceptors (Lipinski definition) is 3. The Bertz CT molecular complexity index is 595. The molecule has 1 amide bonds. The van der Waals surface area contributed by atoms with Crippen LogP contribution in [-0.4, -0.2) is 22.8 Å². The number of aryl methyl sites for hydroxylation is 1. The van der Waals surface area contributed by atoms with Gasteiger partial charge in [-0.05, 0) is 34.1 Å². The molecule has 0 bridgehead atoms. The molecular weight excluding hydrogens is 310 g/mol. The highest BCUT2D eigenvalue weighted by Crippen LogP contribution is 2.25. The first-order valence-electron chi connectivity index (χ1n) is 5.69. The number of carbonyl (C=O) groups is 1. The zero-order chi connectivity index (χ0) is 13.8. The maximum absolute atomic E-state index is 12.0. The minimum Gasteiger partial charge on any atom is -0.496 e. The summed E-state index contributed by atoms with van der Waals surface area (Å²) in [6, 6.07) is 5.21. The fourth-order valence-corrected chi connectivity index (χ4v) is 2.20. The summed E-state index contributed by atoms with van der Waals surface area (Å²) in [5.41, 5.74) is 1.54. The van der Waals surface area contributed by atoms with Crippen LogP contribution in [-0.2, 0) is 13.6 Å². The van der Waals surface area contributed by atoms with Crippen LogP contribution in [0.25, 0.3) is 0 Å². The molecule has 1 aromatic heterocycles. The predicted octanol–water partition coefficient (Wildman–Crippen LogP) is 2.12. The van der Waals surface area contributed by atoms with Crippen molar-refractivity contribution in [3.05, 3.63) is 46.2 Å². The van der Waals surface area contributed by atoms with E-state index in [2.05, 4.69) is 26.3 Å². The molecule has 0 aliphatic rings. The number of benzene rings is 1. The van der Waals surface area contributed by atoms with Crippen LogP contribution in [0.2, 0.25) is 0 Å². The number of halogens is 1. The highest BCUT2D eigenvalue weighted by atomic mass is 79.9. The molecule has 0 aliphatic carbocycles. The van der Waals surface area contributed by atoms with Crippen molar-refractivity contribution in [2.75, 3.05) is 7.11 Å². The van der Waals surface area contributed by atoms with E-state index < -0.39 is 0 Å². The monoisotopic (exact) mass is 323 g/mol. The van der Waals surface area contributed by atoms with Gasteiger partial charge in [0.05, 0.1) is 17.8 Å². The maximum atomic E-state index is 12.0. The Hall–Kier alpha value is -1.82. The number of amides is 1. The van der Waals surface area contributed by atoms with Gasteiger partial charge in [-0.2, -0.15) is 5.10 Å². The number of carbonyl (C=O) groups excluding carboxylic acids is 1. The first-order valence-corrected chi connectivity index (χ1v) is 6.48. The summed E-state index contributed by atoms with van der Waals surface area (Å²) >= 11 is 3.36. The van der Waals surface area contributed by atoms with E-state index in [0.717, 1.165) is 10.0 Å². The Balaban J connectivity index is 2.01. The lowest BCUT2D eigenvalue weighted by atomic mass is 10.2. The second-order valence-electron chi connectivity index (χ2n) is 4.05. The summed E-state index contributed by atoms with van der Waals surface area (Å²) in [5, 5.41) is 6.88. The number of nitrogens with one attached hydrogen (secondary N) is 1. The van der Waals surface area contributed by atoms with E-state index in [4.69, 9.17) is 4.74 Å². The first-order chi connectivity index (χ1) is 9.10. The average Bonchev–Trinajstić information content (AvgIpc) is 2.81. The maximum Gasteiger partial charge on any atom is 0.251 e. The minimum atomic E-state index is -0.132. The molecule has 0 aliphatic heterocycles. The normalized spacial score (nSPS) is 10.3. The van der Waals surface area contributed by atoms with E-state index in [1.807, 2.05) is 13.2 Å². The summed E-state index contributed by atoms with van der Waals surface area (Å²) in [6.45, 7) is 0.455. The van der Waals surface area contributed by atoms with Gasteiger partial charge in [-0.3, -0.25) is 9.48 Å². The third-order valence-electron chi connectivity index (χ3n) is 2.63. The van der Waals surface area contributed by atoms with Crippen LogP contribution in [0.15, 0.2) is 35.1 Å². The molecule has 0 unspecified atom stereocenters. The van der Waals surface area contributed by atoms with Crippen molar-refractivity contribution in [2.45, 2.75) is 6.54 Å². The Morgan fingerprint density at radius 1 is 1.53 bits per heavy atom. The molecule has 6 heteroatoms. The van der Waals surface area contributed by atoms with Gasteiger partial charge >= 0.3 is 0 Å². The lowest BCUT2D eigenvalue weighted by Gasteiger charge is -2.07. The van der Waals surface area contributed by atoms with Crippen LogP contribution in [0.1, 0.15) is 15.9 Å². The fourth-order valence-electron chi connectivity index (χ4n) is 1.66. The van der Waals surface area contributed by atoms with Crippen LogP contribution in [0.5, 0.6) is 5.75 Å². The third-order valence-corrected chi connectivity index (χ3v) is 3.25. The van der Waals surface area contributed by atoms with Gasteiger partial charge in [0.1, 0.15) is 5.75 Å². The van der Waals surface area contributed by atoms with Crippen LogP contribution < -0.4 is 10.1 Å². The summed E-state index contributed by atoms with van der Waals surface area (Å²) < 4.78 is 7.58. The average molecular weight is 324 g/mol. The van der Waals surface area contributed by atoms with Crippen molar-refractivity contribution in [1.29, 1.82) is 0 Å². The zero-order valence-corrected chi connectivity index (χ0v) is 12.3. The summed E-state index contributed by atoms with van der Waals surface area (Å²) in [4.78, 5) is 12.0. The molecule has 1 heterocycles. The number of nitrogens with zero attached hydrogens (tertiary/aromatic N) is 2. The van der Waals surface area contributed by atoms with E-state index in [1.54, 1.807) is 36.2 Å². The Kier molecular flexibility index (Phi) is 4.21. The molecular formula is C13H14BrN3O2. The van der Waals surface area contributed by atoms with E-state index in [1.165, 1.54) is 0 Å². The van der Waals surface area contributed by atoms with E-state index in [9.17, 15) is 4.79 Å². The van der Waals surface area contributed by atoms with Crippen LogP contribution in [0.3, 0.4) is 0 Å². The van der Waals surface area contributed by atoms with Gasteiger partial charge in [-0.1, -0.05) is 0 Å². The highest BCUT2D eigenvalue weighted by Gasteiger charge is 2.08. The first kappa shape index (κ1) is 13.6. The molecule has 0 atom stereocenters. The van der Waals surface area contributed by atoms with Gasteiger partial charge < -0.3 is 10.1 Å². The van der Waals surface area contributed by atoms with Crippen LogP contribution in [0.4, 0.5) is 0 Å². The molecule has 5 nitrogen and oxygen atoms in total. The van der Waals surface area contributed by atoms with Gasteiger partial charge in [-0.15, -0.1) is 0 Å². The van der Waals surface area contributed by atoms with Crippen molar-refractivity contribution >= 4 is 21.8 Å². The van der Waals surface area contributed by atoms with Crippen molar-refractivity contribution in [1.82, 2.24) is 15.1 Å². The van der Waals surface area contributed by atoms with Crippen molar-refractivity contribution in [3.63, 3.8) is 0 Å². The number of methoxy groups -OCH3 is 1. The molecule has 100 valence electrons. The number of rotatable bonds is 4. The van der Waals surface area contributed by atoms with Crippen LogP contribution in [0, 0.1) is 0 Å². The molecule has 0 spiro atoms. The third kappa shape index (κ3) is 3.35. The summed E-state index contributed by atoms with van der Waals surface area (Å²) in [7, 11) is 3.42. The fraction of sp³-hybridized carbons (Fsp3) is 0.231. The molecule has 0 fully saturated rings. The van der Waals surface area contributed by atoms with Gasteiger partial charge in [0.25, 0.3) is 5.91 Å². The topological polar surface area (TPSA) is 56.1 Å². The molecule has 19 heavy (non-hydrogen) atoms. The molecule has 1 N–H and O–H groups in total. The largest absolute Gasteiger partial charge is 0.496 e. The Morgan fingerprint density at radius 3 is 2.89 bits per heavy atom. The Labute approximate surface area is 119 Å². The second kappa shape index (κ2) is 5.88. The van der Waals surface area contributed by atoms with Crippen LogP contribution >= 0.6 is 15.9 Å². The molecule has 0 saturated heterocycles.